The maximum Gasteiger partial charge on any atom is 0.250 e. The van der Waals surface area contributed by atoms with E-state index in [1.54, 1.807) is 23.0 Å². The number of aromatic amines is 1. The molecule has 3 rings (SSSR count). The van der Waals surface area contributed by atoms with Crippen LogP contribution in [0.4, 0.5) is 0 Å². The van der Waals surface area contributed by atoms with Crippen LogP contribution in [0.1, 0.15) is 17.9 Å². The molecule has 134 valence electrons. The van der Waals surface area contributed by atoms with Crippen molar-refractivity contribution in [2.24, 2.45) is 0 Å². The highest BCUT2D eigenvalue weighted by atomic mass is 16.1. The fourth-order valence-electron chi connectivity index (χ4n) is 2.56. The maximum atomic E-state index is 12.0. The van der Waals surface area contributed by atoms with E-state index in [4.69, 9.17) is 0 Å². The van der Waals surface area contributed by atoms with Gasteiger partial charge in [0, 0.05) is 55.6 Å². The van der Waals surface area contributed by atoms with Crippen LogP contribution in [0.5, 0.6) is 0 Å². The molecule has 0 unspecified atom stereocenters. The molecule has 26 heavy (non-hydrogen) atoms. The zero-order chi connectivity index (χ0) is 18.4. The van der Waals surface area contributed by atoms with Crippen LogP contribution in [-0.4, -0.2) is 37.2 Å². The second kappa shape index (κ2) is 8.19. The van der Waals surface area contributed by atoms with E-state index in [1.807, 2.05) is 25.1 Å². The number of carbonyl (C=O) groups is 1. The highest BCUT2D eigenvalue weighted by Gasteiger charge is 2.07. The van der Waals surface area contributed by atoms with Crippen LogP contribution in [-0.2, 0) is 17.8 Å². The number of hydrogen-bond donors (Lipinski definition) is 2. The Balaban J connectivity index is 1.46. The molecule has 2 N–H and O–H groups in total. The number of carbonyl (C=O) groups excluding carboxylic acids is 1. The highest BCUT2D eigenvalue weighted by molar-refractivity contribution is 5.75. The minimum atomic E-state index is -0.104. The Labute approximate surface area is 150 Å². The van der Waals surface area contributed by atoms with Gasteiger partial charge in [0.2, 0.25) is 5.91 Å². The Bertz CT molecular complexity index is 932. The van der Waals surface area contributed by atoms with E-state index in [0.717, 1.165) is 11.3 Å². The number of aryl methyl sites for hydroxylation is 1. The molecule has 3 aromatic rings. The minimum absolute atomic E-state index is 0.0950. The monoisotopic (exact) mass is 352 g/mol. The number of rotatable bonds is 7. The molecule has 0 bridgehead atoms. The van der Waals surface area contributed by atoms with Crippen molar-refractivity contribution < 1.29 is 4.79 Å². The largest absolute Gasteiger partial charge is 0.356 e. The standard InChI is InChI=1S/C18H20N6O2/c1-13-4-2-6-17(26)24(13)11-8-16(25)20-10-7-15-21-18(23-22-15)14-5-3-9-19-12-14/h2-6,9,12H,7-8,10-11H2,1H3,(H,20,25)(H,21,22,23). The first kappa shape index (κ1) is 17.5. The molecule has 0 aromatic carbocycles. The van der Waals surface area contributed by atoms with Crippen molar-refractivity contribution in [1.29, 1.82) is 0 Å². The molecule has 0 saturated carbocycles. The number of hydrogen-bond acceptors (Lipinski definition) is 5. The van der Waals surface area contributed by atoms with Gasteiger partial charge in [0.05, 0.1) is 0 Å². The molecular formula is C18H20N6O2. The first-order valence-corrected chi connectivity index (χ1v) is 8.38. The smallest absolute Gasteiger partial charge is 0.250 e. The summed E-state index contributed by atoms with van der Waals surface area (Å²) in [6.45, 7) is 2.66. The first-order chi connectivity index (χ1) is 12.6. The van der Waals surface area contributed by atoms with Crippen molar-refractivity contribution in [3.8, 4) is 11.4 Å². The van der Waals surface area contributed by atoms with Crippen LogP contribution in [0, 0.1) is 6.92 Å². The lowest BCUT2D eigenvalue weighted by atomic mass is 10.3. The lowest BCUT2D eigenvalue weighted by Crippen LogP contribution is -2.29. The van der Waals surface area contributed by atoms with Crippen molar-refractivity contribution in [3.63, 3.8) is 0 Å². The lowest BCUT2D eigenvalue weighted by molar-refractivity contribution is -0.121. The van der Waals surface area contributed by atoms with Gasteiger partial charge in [-0.25, -0.2) is 4.98 Å². The number of amides is 1. The minimum Gasteiger partial charge on any atom is -0.356 e. The summed E-state index contributed by atoms with van der Waals surface area (Å²) in [4.78, 5) is 32.2. The van der Waals surface area contributed by atoms with Crippen LogP contribution in [0.25, 0.3) is 11.4 Å². The van der Waals surface area contributed by atoms with E-state index in [1.165, 1.54) is 6.07 Å². The molecule has 0 saturated heterocycles. The second-order valence-corrected chi connectivity index (χ2v) is 5.85. The van der Waals surface area contributed by atoms with Gasteiger partial charge in [-0.05, 0) is 25.1 Å². The van der Waals surface area contributed by atoms with Crippen molar-refractivity contribution in [1.82, 2.24) is 30.0 Å². The Hall–Kier alpha value is -3.29. The average Bonchev–Trinajstić information content (AvgIpc) is 3.11. The van der Waals surface area contributed by atoms with Crippen molar-refractivity contribution in [3.05, 3.63) is 64.6 Å². The van der Waals surface area contributed by atoms with Gasteiger partial charge in [-0.1, -0.05) is 6.07 Å². The fourth-order valence-corrected chi connectivity index (χ4v) is 2.56. The first-order valence-electron chi connectivity index (χ1n) is 8.38. The Morgan fingerprint density at radius 3 is 2.92 bits per heavy atom. The summed E-state index contributed by atoms with van der Waals surface area (Å²) in [6, 6.07) is 8.77. The van der Waals surface area contributed by atoms with E-state index in [2.05, 4.69) is 25.5 Å². The molecule has 0 aliphatic heterocycles. The average molecular weight is 352 g/mol. The maximum absolute atomic E-state index is 12.0. The van der Waals surface area contributed by atoms with Crippen molar-refractivity contribution in [2.75, 3.05) is 6.54 Å². The van der Waals surface area contributed by atoms with E-state index < -0.39 is 0 Å². The predicted octanol–water partition coefficient (Wildman–Crippen LogP) is 1.09. The third-order valence-electron chi connectivity index (χ3n) is 3.97. The second-order valence-electron chi connectivity index (χ2n) is 5.85. The Morgan fingerprint density at radius 2 is 2.15 bits per heavy atom. The predicted molar refractivity (Wildman–Crippen MR) is 96.4 cm³/mol. The van der Waals surface area contributed by atoms with E-state index >= 15 is 0 Å². The SMILES string of the molecule is Cc1cccc(=O)n1CCC(=O)NCCc1nc(-c2cccnc2)n[nH]1. The van der Waals surface area contributed by atoms with Gasteiger partial charge in [0.25, 0.3) is 5.56 Å². The van der Waals surface area contributed by atoms with Gasteiger partial charge in [-0.15, -0.1) is 0 Å². The highest BCUT2D eigenvalue weighted by Crippen LogP contribution is 2.11. The van der Waals surface area contributed by atoms with Gasteiger partial charge >= 0.3 is 0 Å². The van der Waals surface area contributed by atoms with Crippen LogP contribution in [0.15, 0.2) is 47.5 Å². The molecule has 8 heteroatoms. The third kappa shape index (κ3) is 4.41. The molecule has 0 spiro atoms. The topological polar surface area (TPSA) is 106 Å². The van der Waals surface area contributed by atoms with Crippen LogP contribution in [0.2, 0.25) is 0 Å². The molecule has 1 amide bonds. The van der Waals surface area contributed by atoms with E-state index in [9.17, 15) is 9.59 Å². The number of nitrogens with zero attached hydrogens (tertiary/aromatic N) is 4. The zero-order valence-corrected chi connectivity index (χ0v) is 14.5. The number of pyridine rings is 2. The van der Waals surface area contributed by atoms with E-state index in [0.29, 0.717) is 31.2 Å². The summed E-state index contributed by atoms with van der Waals surface area (Å²) in [6.07, 6.45) is 4.19. The van der Waals surface area contributed by atoms with Crippen LogP contribution >= 0.6 is 0 Å². The number of H-pyrrole nitrogens is 1. The normalized spacial score (nSPS) is 10.7. The molecule has 3 heterocycles. The van der Waals surface area contributed by atoms with Gasteiger partial charge < -0.3 is 9.88 Å². The van der Waals surface area contributed by atoms with Gasteiger partial charge in [-0.3, -0.25) is 19.7 Å². The van der Waals surface area contributed by atoms with Crippen LogP contribution < -0.4 is 10.9 Å². The molecule has 0 aliphatic rings. The van der Waals surface area contributed by atoms with Crippen molar-refractivity contribution in [2.45, 2.75) is 26.3 Å². The lowest BCUT2D eigenvalue weighted by Gasteiger charge is -2.09. The molecule has 8 nitrogen and oxygen atoms in total. The van der Waals surface area contributed by atoms with Gasteiger partial charge in [0.1, 0.15) is 5.82 Å². The zero-order valence-electron chi connectivity index (χ0n) is 14.5. The number of nitrogens with one attached hydrogen (secondary N) is 2. The molecule has 3 aromatic heterocycles. The summed E-state index contributed by atoms with van der Waals surface area (Å²) >= 11 is 0. The number of aromatic nitrogens is 5. The molecule has 0 fully saturated rings. The van der Waals surface area contributed by atoms with Crippen LogP contribution in [0.3, 0.4) is 0 Å². The summed E-state index contributed by atoms with van der Waals surface area (Å²) in [5.74, 6) is 1.17. The summed E-state index contributed by atoms with van der Waals surface area (Å²) in [5.41, 5.74) is 1.58. The van der Waals surface area contributed by atoms with E-state index in [-0.39, 0.29) is 17.9 Å². The summed E-state index contributed by atoms with van der Waals surface area (Å²) in [7, 11) is 0. The fraction of sp³-hybridized carbons (Fsp3) is 0.278. The quantitative estimate of drug-likeness (QED) is 0.662. The third-order valence-corrected chi connectivity index (χ3v) is 3.97. The summed E-state index contributed by atoms with van der Waals surface area (Å²) < 4.78 is 1.59. The van der Waals surface area contributed by atoms with Gasteiger partial charge in [-0.2, -0.15) is 5.10 Å². The molecular weight excluding hydrogens is 332 g/mol. The Kier molecular flexibility index (Phi) is 5.52. The Morgan fingerprint density at radius 1 is 1.27 bits per heavy atom. The molecule has 0 aliphatic carbocycles. The molecule has 0 radical (unpaired) electrons. The van der Waals surface area contributed by atoms with Crippen molar-refractivity contribution >= 4 is 5.91 Å². The molecule has 0 atom stereocenters. The van der Waals surface area contributed by atoms with Gasteiger partial charge in [0.15, 0.2) is 5.82 Å². The summed E-state index contributed by atoms with van der Waals surface area (Å²) in [5, 5.41) is 9.85.